The lowest BCUT2D eigenvalue weighted by molar-refractivity contribution is -0.149. The molecule has 2 rings (SSSR count). The molecule has 0 fully saturated rings. The molecule has 1 amide bonds. The van der Waals surface area contributed by atoms with Gasteiger partial charge in [-0.3, -0.25) is 4.79 Å². The molecule has 0 unspecified atom stereocenters. The Kier molecular flexibility index (Phi) is 5.72. The molecule has 0 aliphatic carbocycles. The van der Waals surface area contributed by atoms with Gasteiger partial charge in [0, 0.05) is 5.69 Å². The largest absolute Gasteiger partial charge is 0.482 e. The van der Waals surface area contributed by atoms with E-state index in [4.69, 9.17) is 14.7 Å². The molecule has 23 heavy (non-hydrogen) atoms. The molecule has 0 aromatic heterocycles. The van der Waals surface area contributed by atoms with E-state index in [0.717, 1.165) is 0 Å². The summed E-state index contributed by atoms with van der Waals surface area (Å²) >= 11 is 0. The maximum atomic E-state index is 11.7. The lowest BCUT2D eigenvalue weighted by Crippen LogP contribution is -2.23. The fourth-order valence-electron chi connectivity index (χ4n) is 1.71. The van der Waals surface area contributed by atoms with Crippen molar-refractivity contribution < 1.29 is 19.1 Å². The number of hydrogen-bond donors (Lipinski definition) is 1. The SMILES string of the molecule is N#Cc1cccc(NC(=O)COC(=O)COc2ccccc2)c1. The van der Waals surface area contributed by atoms with Gasteiger partial charge in [-0.1, -0.05) is 24.3 Å². The van der Waals surface area contributed by atoms with Gasteiger partial charge in [0.15, 0.2) is 13.2 Å². The van der Waals surface area contributed by atoms with Gasteiger partial charge in [-0.25, -0.2) is 4.79 Å². The minimum absolute atomic E-state index is 0.277. The van der Waals surface area contributed by atoms with Crippen molar-refractivity contribution in [1.29, 1.82) is 5.26 Å². The van der Waals surface area contributed by atoms with Crippen LogP contribution in [0, 0.1) is 11.3 Å². The van der Waals surface area contributed by atoms with Crippen molar-refractivity contribution in [2.45, 2.75) is 0 Å². The Morgan fingerprint density at radius 2 is 1.83 bits per heavy atom. The summed E-state index contributed by atoms with van der Waals surface area (Å²) in [4.78, 5) is 23.2. The van der Waals surface area contributed by atoms with E-state index in [1.165, 1.54) is 6.07 Å². The lowest BCUT2D eigenvalue weighted by atomic mass is 10.2. The monoisotopic (exact) mass is 310 g/mol. The van der Waals surface area contributed by atoms with Crippen LogP contribution in [0.4, 0.5) is 5.69 Å². The minimum atomic E-state index is -0.644. The molecule has 0 atom stereocenters. The second-order valence-corrected chi connectivity index (χ2v) is 4.50. The van der Waals surface area contributed by atoms with E-state index in [1.54, 1.807) is 42.5 Å². The van der Waals surface area contributed by atoms with Gasteiger partial charge in [-0.05, 0) is 30.3 Å². The first-order chi connectivity index (χ1) is 11.2. The quantitative estimate of drug-likeness (QED) is 0.826. The summed E-state index contributed by atoms with van der Waals surface area (Å²) in [7, 11) is 0. The third-order valence-electron chi connectivity index (χ3n) is 2.74. The predicted molar refractivity (Wildman–Crippen MR) is 82.7 cm³/mol. The predicted octanol–water partition coefficient (Wildman–Crippen LogP) is 2.12. The number of ether oxygens (including phenoxy) is 2. The number of para-hydroxylation sites is 1. The summed E-state index contributed by atoms with van der Waals surface area (Å²) in [5.74, 6) is -0.592. The summed E-state index contributed by atoms with van der Waals surface area (Å²) < 4.78 is 10.0. The Balaban J connectivity index is 1.73. The van der Waals surface area contributed by atoms with Gasteiger partial charge in [0.25, 0.3) is 5.91 Å². The van der Waals surface area contributed by atoms with Crippen LogP contribution < -0.4 is 10.1 Å². The molecular formula is C17H14N2O4. The van der Waals surface area contributed by atoms with Crippen LogP contribution >= 0.6 is 0 Å². The second-order valence-electron chi connectivity index (χ2n) is 4.50. The number of hydrogen-bond acceptors (Lipinski definition) is 5. The van der Waals surface area contributed by atoms with Crippen LogP contribution in [0.2, 0.25) is 0 Å². The fourth-order valence-corrected chi connectivity index (χ4v) is 1.71. The van der Waals surface area contributed by atoms with E-state index in [9.17, 15) is 9.59 Å². The van der Waals surface area contributed by atoms with E-state index in [0.29, 0.717) is 17.0 Å². The maximum absolute atomic E-state index is 11.7. The molecule has 0 saturated heterocycles. The molecule has 0 heterocycles. The highest BCUT2D eigenvalue weighted by Gasteiger charge is 2.09. The smallest absolute Gasteiger partial charge is 0.344 e. The number of amides is 1. The molecule has 0 aliphatic rings. The van der Waals surface area contributed by atoms with Crippen molar-refractivity contribution in [2.24, 2.45) is 0 Å². The summed E-state index contributed by atoms with van der Waals surface area (Å²) in [5, 5.41) is 11.3. The van der Waals surface area contributed by atoms with Crippen LogP contribution in [0.25, 0.3) is 0 Å². The molecule has 116 valence electrons. The Morgan fingerprint density at radius 1 is 1.04 bits per heavy atom. The number of benzene rings is 2. The normalized spacial score (nSPS) is 9.52. The van der Waals surface area contributed by atoms with Gasteiger partial charge in [-0.2, -0.15) is 5.26 Å². The Hall–Kier alpha value is -3.33. The molecule has 6 nitrogen and oxygen atoms in total. The number of esters is 1. The Bertz CT molecular complexity index is 723. The zero-order valence-corrected chi connectivity index (χ0v) is 12.2. The Labute approximate surface area is 133 Å². The molecule has 2 aromatic carbocycles. The van der Waals surface area contributed by atoms with Crippen LogP contribution in [0.1, 0.15) is 5.56 Å². The van der Waals surface area contributed by atoms with Crippen LogP contribution in [-0.4, -0.2) is 25.1 Å². The number of rotatable bonds is 6. The highest BCUT2D eigenvalue weighted by atomic mass is 16.6. The maximum Gasteiger partial charge on any atom is 0.344 e. The van der Waals surface area contributed by atoms with Crippen molar-refractivity contribution in [3.8, 4) is 11.8 Å². The molecular weight excluding hydrogens is 296 g/mol. The van der Waals surface area contributed by atoms with E-state index in [1.807, 2.05) is 12.1 Å². The number of carbonyl (C=O) groups excluding carboxylic acids is 2. The molecule has 0 spiro atoms. The number of nitrogens with one attached hydrogen (secondary N) is 1. The van der Waals surface area contributed by atoms with Crippen molar-refractivity contribution >= 4 is 17.6 Å². The Morgan fingerprint density at radius 3 is 2.57 bits per heavy atom. The summed E-state index contributed by atoms with van der Waals surface area (Å²) in [6, 6.07) is 17.2. The topological polar surface area (TPSA) is 88.4 Å². The van der Waals surface area contributed by atoms with Gasteiger partial charge in [0.1, 0.15) is 5.75 Å². The third-order valence-corrected chi connectivity index (χ3v) is 2.74. The van der Waals surface area contributed by atoms with E-state index in [2.05, 4.69) is 5.32 Å². The number of anilines is 1. The van der Waals surface area contributed by atoms with Crippen LogP contribution in [0.15, 0.2) is 54.6 Å². The molecule has 0 aliphatic heterocycles. The highest BCUT2D eigenvalue weighted by molar-refractivity contribution is 5.93. The molecule has 6 heteroatoms. The summed E-state index contributed by atoms with van der Waals surface area (Å²) in [5.41, 5.74) is 0.890. The van der Waals surface area contributed by atoms with Crippen molar-refractivity contribution in [1.82, 2.24) is 0 Å². The van der Waals surface area contributed by atoms with Gasteiger partial charge in [0.05, 0.1) is 11.6 Å². The second kappa shape index (κ2) is 8.20. The van der Waals surface area contributed by atoms with Gasteiger partial charge in [0.2, 0.25) is 0 Å². The number of nitrogens with zero attached hydrogens (tertiary/aromatic N) is 1. The molecule has 1 N–H and O–H groups in total. The first-order valence-corrected chi connectivity index (χ1v) is 6.81. The highest BCUT2D eigenvalue weighted by Crippen LogP contribution is 2.10. The zero-order valence-electron chi connectivity index (χ0n) is 12.2. The molecule has 0 saturated carbocycles. The van der Waals surface area contributed by atoms with Crippen LogP contribution in [0.5, 0.6) is 5.75 Å². The average Bonchev–Trinajstić information content (AvgIpc) is 2.59. The standard InChI is InChI=1S/C17H14N2O4/c18-10-13-5-4-6-14(9-13)19-16(20)11-23-17(21)12-22-15-7-2-1-3-8-15/h1-9H,11-12H2,(H,19,20). The summed E-state index contributed by atoms with van der Waals surface area (Å²) in [6.45, 7) is -0.699. The third kappa shape index (κ3) is 5.52. The van der Waals surface area contributed by atoms with Gasteiger partial charge >= 0.3 is 5.97 Å². The molecule has 0 radical (unpaired) electrons. The van der Waals surface area contributed by atoms with E-state index in [-0.39, 0.29) is 6.61 Å². The molecule has 0 bridgehead atoms. The van der Waals surface area contributed by atoms with Crippen LogP contribution in [0.3, 0.4) is 0 Å². The zero-order chi connectivity index (χ0) is 16.5. The lowest BCUT2D eigenvalue weighted by Gasteiger charge is -2.08. The van der Waals surface area contributed by atoms with Gasteiger partial charge in [-0.15, -0.1) is 0 Å². The van der Waals surface area contributed by atoms with E-state index < -0.39 is 18.5 Å². The minimum Gasteiger partial charge on any atom is -0.482 e. The van der Waals surface area contributed by atoms with Crippen LogP contribution in [-0.2, 0) is 14.3 Å². The van der Waals surface area contributed by atoms with Gasteiger partial charge < -0.3 is 14.8 Å². The average molecular weight is 310 g/mol. The van der Waals surface area contributed by atoms with Crippen molar-refractivity contribution in [3.63, 3.8) is 0 Å². The molecule has 2 aromatic rings. The summed E-state index contributed by atoms with van der Waals surface area (Å²) in [6.07, 6.45) is 0. The van der Waals surface area contributed by atoms with Crippen molar-refractivity contribution in [2.75, 3.05) is 18.5 Å². The number of nitriles is 1. The first kappa shape index (κ1) is 16.0. The number of carbonyl (C=O) groups is 2. The van der Waals surface area contributed by atoms with Crippen molar-refractivity contribution in [3.05, 3.63) is 60.2 Å². The van der Waals surface area contributed by atoms with E-state index >= 15 is 0 Å². The first-order valence-electron chi connectivity index (χ1n) is 6.81. The fraction of sp³-hybridized carbons (Fsp3) is 0.118.